The average molecular weight is 339 g/mol. The minimum atomic E-state index is -1.07. The SMILES string of the molecule is CC[C@@H](C)[NH2+]CC(O)(c1ccc(Cl)cc1)c1ccc(Cl)cc1. The largest absolute Gasteiger partial charge is 0.375 e. The molecule has 118 valence electrons. The highest BCUT2D eigenvalue weighted by atomic mass is 35.5. The third-order valence-electron chi connectivity index (χ3n) is 4.10. The van der Waals surface area contributed by atoms with Crippen molar-refractivity contribution in [3.05, 3.63) is 69.7 Å². The van der Waals surface area contributed by atoms with Crippen molar-refractivity contribution in [3.63, 3.8) is 0 Å². The van der Waals surface area contributed by atoms with E-state index < -0.39 is 5.60 Å². The molecule has 0 radical (unpaired) electrons. The molecule has 0 aliphatic heterocycles. The Bertz CT molecular complexity index is 550. The minimum Gasteiger partial charge on any atom is -0.375 e. The molecule has 0 heterocycles. The first-order chi connectivity index (χ1) is 10.5. The van der Waals surface area contributed by atoms with E-state index in [1.165, 1.54) is 0 Å². The van der Waals surface area contributed by atoms with E-state index in [4.69, 9.17) is 23.2 Å². The van der Waals surface area contributed by atoms with Gasteiger partial charge in [-0.25, -0.2) is 0 Å². The minimum absolute atomic E-state index is 0.450. The zero-order valence-electron chi connectivity index (χ0n) is 12.9. The van der Waals surface area contributed by atoms with E-state index >= 15 is 0 Å². The van der Waals surface area contributed by atoms with Crippen LogP contribution >= 0.6 is 23.2 Å². The highest BCUT2D eigenvalue weighted by Crippen LogP contribution is 2.30. The van der Waals surface area contributed by atoms with Crippen LogP contribution in [0.1, 0.15) is 31.4 Å². The Morgan fingerprint density at radius 2 is 1.36 bits per heavy atom. The van der Waals surface area contributed by atoms with Crippen molar-refractivity contribution < 1.29 is 10.4 Å². The van der Waals surface area contributed by atoms with Gasteiger partial charge in [-0.05, 0) is 48.7 Å². The molecule has 0 saturated heterocycles. The lowest BCUT2D eigenvalue weighted by Gasteiger charge is -2.29. The van der Waals surface area contributed by atoms with E-state index in [9.17, 15) is 5.11 Å². The van der Waals surface area contributed by atoms with Crippen molar-refractivity contribution in [2.24, 2.45) is 0 Å². The van der Waals surface area contributed by atoms with Gasteiger partial charge in [0.05, 0.1) is 6.04 Å². The van der Waals surface area contributed by atoms with Gasteiger partial charge in [-0.15, -0.1) is 0 Å². The van der Waals surface area contributed by atoms with E-state index in [0.717, 1.165) is 17.5 Å². The van der Waals surface area contributed by atoms with Gasteiger partial charge in [0.25, 0.3) is 0 Å². The van der Waals surface area contributed by atoms with Crippen LogP contribution in [0.3, 0.4) is 0 Å². The number of nitrogens with two attached hydrogens (primary N) is 1. The summed E-state index contributed by atoms with van der Waals surface area (Å²) in [4.78, 5) is 0. The van der Waals surface area contributed by atoms with Crippen LogP contribution in [-0.2, 0) is 5.60 Å². The molecule has 2 aromatic rings. The highest BCUT2D eigenvalue weighted by Gasteiger charge is 2.34. The number of halogens is 2. The van der Waals surface area contributed by atoms with Crippen LogP contribution in [0.2, 0.25) is 10.0 Å². The lowest BCUT2D eigenvalue weighted by Crippen LogP contribution is -2.92. The second-order valence-corrected chi connectivity index (χ2v) is 6.57. The summed E-state index contributed by atoms with van der Waals surface area (Å²) >= 11 is 11.9. The molecular formula is C18H22Cl2NO+. The van der Waals surface area contributed by atoms with Gasteiger partial charge in [0.15, 0.2) is 5.60 Å². The molecule has 4 heteroatoms. The van der Waals surface area contributed by atoms with E-state index in [1.54, 1.807) is 24.3 Å². The lowest BCUT2D eigenvalue weighted by atomic mass is 9.86. The van der Waals surface area contributed by atoms with Gasteiger partial charge in [-0.1, -0.05) is 54.4 Å². The molecule has 22 heavy (non-hydrogen) atoms. The second-order valence-electron chi connectivity index (χ2n) is 5.70. The lowest BCUT2D eigenvalue weighted by molar-refractivity contribution is -0.697. The molecule has 2 aromatic carbocycles. The summed E-state index contributed by atoms with van der Waals surface area (Å²) in [7, 11) is 0. The maximum atomic E-state index is 11.4. The zero-order valence-corrected chi connectivity index (χ0v) is 14.4. The van der Waals surface area contributed by atoms with E-state index in [0.29, 0.717) is 22.6 Å². The molecule has 2 nitrogen and oxygen atoms in total. The Morgan fingerprint density at radius 3 is 1.73 bits per heavy atom. The normalized spacial score (nSPS) is 13.1. The molecule has 0 bridgehead atoms. The molecule has 0 aromatic heterocycles. The molecule has 0 aliphatic carbocycles. The smallest absolute Gasteiger partial charge is 0.163 e. The van der Waals surface area contributed by atoms with Crippen molar-refractivity contribution in [2.75, 3.05) is 6.54 Å². The average Bonchev–Trinajstić information content (AvgIpc) is 2.53. The van der Waals surface area contributed by atoms with Crippen molar-refractivity contribution in [2.45, 2.75) is 31.9 Å². The maximum absolute atomic E-state index is 11.4. The number of hydrogen-bond acceptors (Lipinski definition) is 1. The van der Waals surface area contributed by atoms with Crippen molar-refractivity contribution in [1.29, 1.82) is 0 Å². The van der Waals surface area contributed by atoms with Crippen LogP contribution in [0.5, 0.6) is 0 Å². The number of aliphatic hydroxyl groups is 1. The quantitative estimate of drug-likeness (QED) is 0.829. The third-order valence-corrected chi connectivity index (χ3v) is 4.61. The number of quaternary nitrogens is 1. The maximum Gasteiger partial charge on any atom is 0.163 e. The van der Waals surface area contributed by atoms with E-state index in [2.05, 4.69) is 19.2 Å². The first-order valence-corrected chi connectivity index (χ1v) is 8.29. The molecule has 0 aliphatic rings. The standard InChI is InChI=1S/C18H21Cl2NO/c1-3-13(2)21-12-18(22,14-4-8-16(19)9-5-14)15-6-10-17(20)11-7-15/h4-11,13,21-22H,3,12H2,1-2H3/p+1/t13-/m1/s1. The molecular weight excluding hydrogens is 317 g/mol. The first kappa shape index (κ1) is 17.3. The molecule has 0 spiro atoms. The van der Waals surface area contributed by atoms with Crippen molar-refractivity contribution >= 4 is 23.2 Å². The van der Waals surface area contributed by atoms with Gasteiger partial charge in [0.2, 0.25) is 0 Å². The molecule has 0 amide bonds. The fourth-order valence-electron chi connectivity index (χ4n) is 2.39. The van der Waals surface area contributed by atoms with Gasteiger partial charge in [0.1, 0.15) is 6.54 Å². The van der Waals surface area contributed by atoms with Crippen molar-refractivity contribution in [1.82, 2.24) is 0 Å². The summed E-state index contributed by atoms with van der Waals surface area (Å²) in [6, 6.07) is 15.2. The van der Waals surface area contributed by atoms with Crippen LogP contribution in [0.25, 0.3) is 0 Å². The Hall–Kier alpha value is -1.06. The topological polar surface area (TPSA) is 36.8 Å². The van der Waals surface area contributed by atoms with Crippen LogP contribution in [-0.4, -0.2) is 17.7 Å². The summed E-state index contributed by atoms with van der Waals surface area (Å²) < 4.78 is 0. The molecule has 0 saturated carbocycles. The Balaban J connectivity index is 2.38. The molecule has 0 unspecified atom stereocenters. The number of rotatable bonds is 6. The molecule has 1 atom stereocenters. The monoisotopic (exact) mass is 338 g/mol. The number of benzene rings is 2. The van der Waals surface area contributed by atoms with Crippen molar-refractivity contribution in [3.8, 4) is 0 Å². The fourth-order valence-corrected chi connectivity index (χ4v) is 2.64. The third kappa shape index (κ3) is 4.02. The molecule has 0 fully saturated rings. The van der Waals surface area contributed by atoms with Gasteiger partial charge in [0, 0.05) is 10.0 Å². The Morgan fingerprint density at radius 1 is 0.955 bits per heavy atom. The fraction of sp³-hybridized carbons (Fsp3) is 0.333. The Labute approximate surface area is 142 Å². The summed E-state index contributed by atoms with van der Waals surface area (Å²) in [5.41, 5.74) is 0.594. The summed E-state index contributed by atoms with van der Waals surface area (Å²) in [6.07, 6.45) is 1.05. The molecule has 2 rings (SSSR count). The summed E-state index contributed by atoms with van der Waals surface area (Å²) in [6.45, 7) is 4.85. The van der Waals surface area contributed by atoms with Gasteiger partial charge >= 0.3 is 0 Å². The van der Waals surface area contributed by atoms with Gasteiger partial charge in [-0.2, -0.15) is 0 Å². The van der Waals surface area contributed by atoms with E-state index in [-0.39, 0.29) is 0 Å². The van der Waals surface area contributed by atoms with Crippen LogP contribution in [0.15, 0.2) is 48.5 Å². The highest BCUT2D eigenvalue weighted by molar-refractivity contribution is 6.30. The summed E-state index contributed by atoms with van der Waals surface area (Å²) in [5, 5.41) is 14.9. The second kappa shape index (κ2) is 7.47. The predicted octanol–water partition coefficient (Wildman–Crippen LogP) is 3.59. The summed E-state index contributed by atoms with van der Waals surface area (Å²) in [5.74, 6) is 0. The van der Waals surface area contributed by atoms with Crippen LogP contribution in [0.4, 0.5) is 0 Å². The van der Waals surface area contributed by atoms with Gasteiger partial charge < -0.3 is 10.4 Å². The zero-order chi connectivity index (χ0) is 16.2. The number of hydrogen-bond donors (Lipinski definition) is 2. The van der Waals surface area contributed by atoms with Crippen LogP contribution < -0.4 is 5.32 Å². The first-order valence-electron chi connectivity index (χ1n) is 7.53. The van der Waals surface area contributed by atoms with Gasteiger partial charge in [-0.3, -0.25) is 0 Å². The molecule has 3 N–H and O–H groups in total. The predicted molar refractivity (Wildman–Crippen MR) is 92.4 cm³/mol. The van der Waals surface area contributed by atoms with Crippen LogP contribution in [0, 0.1) is 0 Å². The van der Waals surface area contributed by atoms with E-state index in [1.807, 2.05) is 24.3 Å². The Kier molecular flexibility index (Phi) is 5.87.